The number of nitrogens with zero attached hydrogens (tertiary/aromatic N) is 1. The number of nitriles is 1. The Morgan fingerprint density at radius 3 is 2.58 bits per heavy atom. The molecular weight excluding hydrogens is 172 g/mol. The van der Waals surface area contributed by atoms with Gasteiger partial charge in [-0.05, 0) is 38.1 Å². The Hall–Kier alpha value is -0.260. The highest BCUT2D eigenvalue weighted by Crippen LogP contribution is 2.39. The van der Waals surface area contributed by atoms with Gasteiger partial charge in [-0.3, -0.25) is 0 Å². The number of rotatable bonds is 0. The normalized spacial score (nSPS) is 39.4. The van der Waals surface area contributed by atoms with Crippen molar-refractivity contribution in [1.29, 1.82) is 5.26 Å². The Labute approximate surface area is 79.7 Å². The summed E-state index contributed by atoms with van der Waals surface area (Å²) in [5, 5.41) is 12.4. The highest BCUT2D eigenvalue weighted by atomic mass is 35.5. The molecule has 2 heterocycles. The molecule has 3 aliphatic rings. The minimum atomic E-state index is 0. The molecule has 0 radical (unpaired) electrons. The summed E-state index contributed by atoms with van der Waals surface area (Å²) in [7, 11) is 0. The first-order valence-electron chi connectivity index (χ1n) is 4.47. The lowest BCUT2D eigenvalue weighted by Gasteiger charge is -2.29. The van der Waals surface area contributed by atoms with E-state index >= 15 is 0 Å². The van der Waals surface area contributed by atoms with Gasteiger partial charge in [-0.25, -0.2) is 0 Å². The van der Waals surface area contributed by atoms with Crippen LogP contribution in [0.5, 0.6) is 0 Å². The van der Waals surface area contributed by atoms with Crippen molar-refractivity contribution in [3.8, 4) is 6.07 Å². The third kappa shape index (κ3) is 1.57. The third-order valence-corrected chi connectivity index (χ3v) is 3.20. The van der Waals surface area contributed by atoms with Crippen LogP contribution in [0.3, 0.4) is 0 Å². The van der Waals surface area contributed by atoms with Gasteiger partial charge in [0.05, 0.1) is 11.5 Å². The molecule has 2 saturated heterocycles. The van der Waals surface area contributed by atoms with E-state index in [4.69, 9.17) is 5.26 Å². The highest BCUT2D eigenvalue weighted by molar-refractivity contribution is 5.85. The summed E-state index contributed by atoms with van der Waals surface area (Å²) in [4.78, 5) is 0. The van der Waals surface area contributed by atoms with Gasteiger partial charge in [0.15, 0.2) is 0 Å². The molecule has 12 heavy (non-hydrogen) atoms. The summed E-state index contributed by atoms with van der Waals surface area (Å²) in [6.07, 6.45) is 4.78. The standard InChI is InChI=1S/C9H14N2.ClH/c10-6-9-3-1-8(2-4-9)5-11-7-9;/h8,11H,1-5,7H2;1H. The van der Waals surface area contributed by atoms with E-state index in [2.05, 4.69) is 11.4 Å². The number of nitrogens with one attached hydrogen (secondary N) is 1. The molecule has 2 nitrogen and oxygen atoms in total. The van der Waals surface area contributed by atoms with Crippen LogP contribution in [0, 0.1) is 22.7 Å². The zero-order valence-corrected chi connectivity index (χ0v) is 7.99. The van der Waals surface area contributed by atoms with Crippen LogP contribution < -0.4 is 5.32 Å². The molecular formula is C9H15ClN2. The lowest BCUT2D eigenvalue weighted by atomic mass is 9.73. The second-order valence-electron chi connectivity index (χ2n) is 3.97. The van der Waals surface area contributed by atoms with Crippen molar-refractivity contribution in [1.82, 2.24) is 5.32 Å². The van der Waals surface area contributed by atoms with Crippen LogP contribution in [-0.4, -0.2) is 13.1 Å². The average Bonchev–Trinajstić information content (AvgIpc) is 2.37. The highest BCUT2D eigenvalue weighted by Gasteiger charge is 2.37. The summed E-state index contributed by atoms with van der Waals surface area (Å²) in [5.74, 6) is 0.860. The molecule has 2 bridgehead atoms. The fraction of sp³-hybridized carbons (Fsp3) is 0.889. The second kappa shape index (κ2) is 3.64. The van der Waals surface area contributed by atoms with Gasteiger partial charge in [0.2, 0.25) is 0 Å². The summed E-state index contributed by atoms with van der Waals surface area (Å²) >= 11 is 0. The maximum atomic E-state index is 9.00. The predicted octanol–water partition coefficient (Wildman–Crippen LogP) is 1.71. The van der Waals surface area contributed by atoms with Crippen molar-refractivity contribution in [2.24, 2.45) is 11.3 Å². The summed E-state index contributed by atoms with van der Waals surface area (Å²) in [5.41, 5.74) is 0.00694. The Morgan fingerprint density at radius 2 is 2.00 bits per heavy atom. The molecule has 0 atom stereocenters. The van der Waals surface area contributed by atoms with E-state index in [-0.39, 0.29) is 17.8 Å². The molecule has 3 heteroatoms. The lowest BCUT2D eigenvalue weighted by molar-refractivity contribution is 0.256. The van der Waals surface area contributed by atoms with Crippen LogP contribution in [0.15, 0.2) is 0 Å². The van der Waals surface area contributed by atoms with Gasteiger partial charge in [0.25, 0.3) is 0 Å². The van der Waals surface area contributed by atoms with Crippen molar-refractivity contribution in [3.05, 3.63) is 0 Å². The minimum absolute atomic E-state index is 0. The first kappa shape index (κ1) is 9.83. The molecule has 1 saturated carbocycles. The molecule has 1 N–H and O–H groups in total. The largest absolute Gasteiger partial charge is 0.315 e. The number of halogens is 1. The van der Waals surface area contributed by atoms with E-state index in [9.17, 15) is 0 Å². The van der Waals surface area contributed by atoms with Crippen molar-refractivity contribution in [2.45, 2.75) is 25.7 Å². The van der Waals surface area contributed by atoms with Crippen LogP contribution in [0.4, 0.5) is 0 Å². The van der Waals surface area contributed by atoms with Gasteiger partial charge < -0.3 is 5.32 Å². The molecule has 0 aromatic rings. The van der Waals surface area contributed by atoms with E-state index in [0.717, 1.165) is 31.8 Å². The topological polar surface area (TPSA) is 35.8 Å². The average molecular weight is 187 g/mol. The Bertz CT molecular complexity index is 184. The molecule has 0 aromatic heterocycles. The molecule has 0 unspecified atom stereocenters. The summed E-state index contributed by atoms with van der Waals surface area (Å²) in [6.45, 7) is 2.07. The third-order valence-electron chi connectivity index (χ3n) is 3.20. The van der Waals surface area contributed by atoms with Crippen LogP contribution in [-0.2, 0) is 0 Å². The Morgan fingerprint density at radius 1 is 1.33 bits per heavy atom. The van der Waals surface area contributed by atoms with Crippen molar-refractivity contribution >= 4 is 12.4 Å². The molecule has 3 fully saturated rings. The second-order valence-corrected chi connectivity index (χ2v) is 3.97. The van der Waals surface area contributed by atoms with Gasteiger partial charge in [0.1, 0.15) is 0 Å². The first-order valence-corrected chi connectivity index (χ1v) is 4.47. The molecule has 0 amide bonds. The van der Waals surface area contributed by atoms with E-state index in [1.165, 1.54) is 12.8 Å². The smallest absolute Gasteiger partial charge is 0.0703 e. The molecule has 1 aliphatic carbocycles. The van der Waals surface area contributed by atoms with Crippen molar-refractivity contribution in [3.63, 3.8) is 0 Å². The molecule has 3 rings (SSSR count). The summed E-state index contributed by atoms with van der Waals surface area (Å²) in [6, 6.07) is 2.48. The maximum Gasteiger partial charge on any atom is 0.0703 e. The summed E-state index contributed by atoms with van der Waals surface area (Å²) < 4.78 is 0. The Kier molecular flexibility index (Phi) is 2.98. The van der Waals surface area contributed by atoms with Crippen molar-refractivity contribution in [2.75, 3.05) is 13.1 Å². The fourth-order valence-electron chi connectivity index (χ4n) is 2.28. The van der Waals surface area contributed by atoms with Crippen LogP contribution in [0.1, 0.15) is 25.7 Å². The van der Waals surface area contributed by atoms with E-state index in [1.807, 2.05) is 0 Å². The van der Waals surface area contributed by atoms with E-state index < -0.39 is 0 Å². The predicted molar refractivity (Wildman–Crippen MR) is 50.1 cm³/mol. The SMILES string of the molecule is Cl.N#CC12CCC(CC1)CNC2. The fourth-order valence-corrected chi connectivity index (χ4v) is 2.28. The van der Waals surface area contributed by atoms with E-state index in [0.29, 0.717) is 0 Å². The van der Waals surface area contributed by atoms with E-state index in [1.54, 1.807) is 0 Å². The van der Waals surface area contributed by atoms with Gasteiger partial charge in [0, 0.05) is 6.54 Å². The molecule has 68 valence electrons. The zero-order chi connectivity index (χ0) is 7.73. The number of fused-ring (bicyclic) bond motifs is 4. The number of hydrogen-bond donors (Lipinski definition) is 1. The van der Waals surface area contributed by atoms with Gasteiger partial charge in [-0.1, -0.05) is 0 Å². The molecule has 0 spiro atoms. The Balaban J connectivity index is 0.000000720. The van der Waals surface area contributed by atoms with Crippen molar-refractivity contribution < 1.29 is 0 Å². The monoisotopic (exact) mass is 186 g/mol. The quantitative estimate of drug-likeness (QED) is 0.625. The zero-order valence-electron chi connectivity index (χ0n) is 7.18. The molecule has 2 aliphatic heterocycles. The molecule has 0 aromatic carbocycles. The van der Waals surface area contributed by atoms with Crippen LogP contribution in [0.2, 0.25) is 0 Å². The van der Waals surface area contributed by atoms with Gasteiger partial charge >= 0.3 is 0 Å². The maximum absolute atomic E-state index is 9.00. The van der Waals surface area contributed by atoms with Crippen LogP contribution >= 0.6 is 12.4 Å². The van der Waals surface area contributed by atoms with Gasteiger partial charge in [-0.15, -0.1) is 12.4 Å². The van der Waals surface area contributed by atoms with Crippen LogP contribution in [0.25, 0.3) is 0 Å². The minimum Gasteiger partial charge on any atom is -0.315 e. The van der Waals surface area contributed by atoms with Gasteiger partial charge in [-0.2, -0.15) is 5.26 Å². The number of hydrogen-bond acceptors (Lipinski definition) is 2. The first-order chi connectivity index (χ1) is 5.35. The lowest BCUT2D eigenvalue weighted by Crippen LogP contribution is -2.29.